The van der Waals surface area contributed by atoms with Crippen molar-refractivity contribution in [1.82, 2.24) is 8.61 Å². The molecule has 0 aromatic heterocycles. The fourth-order valence-electron chi connectivity index (χ4n) is 3.52. The summed E-state index contributed by atoms with van der Waals surface area (Å²) in [6, 6.07) is 0. The Morgan fingerprint density at radius 3 is 2.16 bits per heavy atom. The van der Waals surface area contributed by atoms with Crippen LogP contribution in [-0.4, -0.2) is 69.6 Å². The van der Waals surface area contributed by atoms with Crippen molar-refractivity contribution in [2.45, 2.75) is 18.9 Å². The van der Waals surface area contributed by atoms with Crippen LogP contribution >= 0.6 is 0 Å². The van der Waals surface area contributed by atoms with Gasteiger partial charge in [0.05, 0.1) is 19.3 Å². The van der Waals surface area contributed by atoms with Crippen LogP contribution in [0.4, 0.5) is 0 Å². The number of nitrogens with zero attached hydrogens (tertiary/aromatic N) is 2. The lowest BCUT2D eigenvalue weighted by molar-refractivity contribution is 0.0699. The number of methoxy groups -OCH3 is 1. The molecule has 7 heteroatoms. The third kappa shape index (κ3) is 2.54. The van der Waals surface area contributed by atoms with Crippen molar-refractivity contribution in [3.63, 3.8) is 0 Å². The second-order valence-electron chi connectivity index (χ2n) is 5.69. The average molecular weight is 290 g/mol. The molecule has 2 heterocycles. The van der Waals surface area contributed by atoms with Crippen molar-refractivity contribution < 1.29 is 17.9 Å². The number of hydrogen-bond acceptors (Lipinski definition) is 4. The highest BCUT2D eigenvalue weighted by Crippen LogP contribution is 2.40. The summed E-state index contributed by atoms with van der Waals surface area (Å²) in [5.41, 5.74) is 0. The molecule has 0 N–H and O–H groups in total. The standard InChI is InChI=1S/C12H22N2O4S/c1-17-12-6-10-8-14(9-11(10)7-12)19(15,16)13-2-4-18-5-3-13/h10-12H,2-9H2,1H3/t10-,11+,12?. The summed E-state index contributed by atoms with van der Waals surface area (Å²) in [5, 5.41) is 0. The molecule has 3 aliphatic rings. The molecule has 0 spiro atoms. The van der Waals surface area contributed by atoms with Gasteiger partial charge in [-0.2, -0.15) is 17.0 Å². The monoisotopic (exact) mass is 290 g/mol. The van der Waals surface area contributed by atoms with Crippen molar-refractivity contribution in [2.75, 3.05) is 46.5 Å². The van der Waals surface area contributed by atoms with Gasteiger partial charge in [0, 0.05) is 33.3 Å². The van der Waals surface area contributed by atoms with E-state index >= 15 is 0 Å². The van der Waals surface area contributed by atoms with Gasteiger partial charge in [0.1, 0.15) is 0 Å². The molecule has 19 heavy (non-hydrogen) atoms. The Balaban J connectivity index is 1.65. The molecule has 6 nitrogen and oxygen atoms in total. The molecule has 0 radical (unpaired) electrons. The maximum absolute atomic E-state index is 12.5. The molecule has 1 unspecified atom stereocenters. The summed E-state index contributed by atoms with van der Waals surface area (Å²) in [6.07, 6.45) is 2.32. The molecule has 1 aliphatic carbocycles. The molecule has 0 bridgehead atoms. The molecule has 110 valence electrons. The van der Waals surface area contributed by atoms with E-state index in [1.54, 1.807) is 15.7 Å². The van der Waals surface area contributed by atoms with Crippen molar-refractivity contribution in [3.8, 4) is 0 Å². The number of morpholine rings is 1. The van der Waals surface area contributed by atoms with E-state index in [0.717, 1.165) is 12.8 Å². The van der Waals surface area contributed by atoms with Crippen molar-refractivity contribution in [1.29, 1.82) is 0 Å². The first-order chi connectivity index (χ1) is 9.11. The van der Waals surface area contributed by atoms with Gasteiger partial charge in [-0.15, -0.1) is 0 Å². The Kier molecular flexibility index (Phi) is 3.83. The van der Waals surface area contributed by atoms with Gasteiger partial charge in [0.25, 0.3) is 10.2 Å². The average Bonchev–Trinajstić information content (AvgIpc) is 2.97. The number of hydrogen-bond donors (Lipinski definition) is 0. The van der Waals surface area contributed by atoms with Gasteiger partial charge in [-0.1, -0.05) is 0 Å². The molecule has 0 aromatic rings. The minimum absolute atomic E-state index is 0.322. The summed E-state index contributed by atoms with van der Waals surface area (Å²) in [6.45, 7) is 3.29. The Morgan fingerprint density at radius 2 is 1.63 bits per heavy atom. The first-order valence-corrected chi connectivity index (χ1v) is 8.36. The predicted molar refractivity (Wildman–Crippen MR) is 69.9 cm³/mol. The highest BCUT2D eigenvalue weighted by atomic mass is 32.2. The minimum atomic E-state index is -3.28. The first-order valence-electron chi connectivity index (χ1n) is 6.97. The Bertz CT molecular complexity index is 407. The van der Waals surface area contributed by atoms with Crippen molar-refractivity contribution in [2.24, 2.45) is 11.8 Å². The second kappa shape index (κ2) is 5.29. The predicted octanol–water partition coefficient (Wildman–Crippen LogP) is -0.0798. The van der Waals surface area contributed by atoms with Crippen LogP contribution in [0.25, 0.3) is 0 Å². The van der Waals surface area contributed by atoms with Gasteiger partial charge in [-0.05, 0) is 24.7 Å². The Morgan fingerprint density at radius 1 is 1.05 bits per heavy atom. The summed E-state index contributed by atoms with van der Waals surface area (Å²) in [7, 11) is -1.54. The summed E-state index contributed by atoms with van der Waals surface area (Å²) in [4.78, 5) is 0. The summed E-state index contributed by atoms with van der Waals surface area (Å²) < 4.78 is 38.9. The topological polar surface area (TPSA) is 59.1 Å². The zero-order chi connectivity index (χ0) is 13.5. The molecule has 1 saturated carbocycles. The zero-order valence-corrected chi connectivity index (χ0v) is 12.1. The number of ether oxygens (including phenoxy) is 2. The zero-order valence-electron chi connectivity index (χ0n) is 11.3. The molecule has 2 saturated heterocycles. The minimum Gasteiger partial charge on any atom is -0.381 e. The van der Waals surface area contributed by atoms with Crippen LogP contribution < -0.4 is 0 Å². The van der Waals surface area contributed by atoms with E-state index in [2.05, 4.69) is 0 Å². The lowest BCUT2D eigenvalue weighted by Crippen LogP contribution is -2.48. The van der Waals surface area contributed by atoms with Gasteiger partial charge in [0.15, 0.2) is 0 Å². The lowest BCUT2D eigenvalue weighted by Gasteiger charge is -2.30. The van der Waals surface area contributed by atoms with Crippen LogP contribution in [0.2, 0.25) is 0 Å². The van der Waals surface area contributed by atoms with Crippen LogP contribution in [0.3, 0.4) is 0 Å². The van der Waals surface area contributed by atoms with Crippen LogP contribution in [0.5, 0.6) is 0 Å². The number of rotatable bonds is 3. The molecule has 3 fully saturated rings. The van der Waals surface area contributed by atoms with E-state index in [1.807, 2.05) is 0 Å². The fraction of sp³-hybridized carbons (Fsp3) is 1.00. The largest absolute Gasteiger partial charge is 0.381 e. The van der Waals surface area contributed by atoms with Gasteiger partial charge >= 0.3 is 0 Å². The van der Waals surface area contributed by atoms with Gasteiger partial charge < -0.3 is 9.47 Å². The van der Waals surface area contributed by atoms with Gasteiger partial charge in [-0.25, -0.2) is 0 Å². The van der Waals surface area contributed by atoms with Crippen LogP contribution in [0.15, 0.2) is 0 Å². The summed E-state index contributed by atoms with van der Waals surface area (Å²) in [5.74, 6) is 0.946. The third-order valence-corrected chi connectivity index (χ3v) is 6.60. The fourth-order valence-corrected chi connectivity index (χ4v) is 5.22. The molecule has 0 aromatic carbocycles. The van der Waals surface area contributed by atoms with E-state index < -0.39 is 10.2 Å². The Hall–Kier alpha value is -0.210. The molecular formula is C12H22N2O4S. The molecule has 3 atom stereocenters. The molecule has 2 aliphatic heterocycles. The van der Waals surface area contributed by atoms with Gasteiger partial charge in [-0.3, -0.25) is 0 Å². The maximum atomic E-state index is 12.5. The van der Waals surface area contributed by atoms with Crippen LogP contribution in [0, 0.1) is 11.8 Å². The van der Waals surface area contributed by atoms with E-state index in [0.29, 0.717) is 57.3 Å². The highest BCUT2D eigenvalue weighted by molar-refractivity contribution is 7.86. The van der Waals surface area contributed by atoms with Gasteiger partial charge in [0.2, 0.25) is 0 Å². The molecule has 0 amide bonds. The SMILES string of the molecule is COC1C[C@@H]2CN(S(=O)(=O)N3CCOCC3)C[C@@H]2C1. The van der Waals surface area contributed by atoms with Crippen molar-refractivity contribution >= 4 is 10.2 Å². The third-order valence-electron chi connectivity index (χ3n) is 4.63. The second-order valence-corrected chi connectivity index (χ2v) is 7.61. The van der Waals surface area contributed by atoms with Crippen molar-refractivity contribution in [3.05, 3.63) is 0 Å². The maximum Gasteiger partial charge on any atom is 0.282 e. The smallest absolute Gasteiger partial charge is 0.282 e. The van der Waals surface area contributed by atoms with Crippen LogP contribution in [0.1, 0.15) is 12.8 Å². The van der Waals surface area contributed by atoms with E-state index in [-0.39, 0.29) is 0 Å². The van der Waals surface area contributed by atoms with E-state index in [9.17, 15) is 8.42 Å². The van der Waals surface area contributed by atoms with E-state index in [4.69, 9.17) is 9.47 Å². The molecular weight excluding hydrogens is 268 g/mol. The number of fused-ring (bicyclic) bond motifs is 1. The summed E-state index contributed by atoms with van der Waals surface area (Å²) >= 11 is 0. The quantitative estimate of drug-likeness (QED) is 0.729. The van der Waals surface area contributed by atoms with E-state index in [1.165, 1.54) is 0 Å². The first kappa shape index (κ1) is 13.8. The lowest BCUT2D eigenvalue weighted by atomic mass is 10.0. The molecule has 3 rings (SSSR count). The normalized spacial score (nSPS) is 37.6. The highest BCUT2D eigenvalue weighted by Gasteiger charge is 2.46. The Labute approximate surface area is 114 Å². The van der Waals surface area contributed by atoms with Crippen LogP contribution in [-0.2, 0) is 19.7 Å².